The van der Waals surface area contributed by atoms with Crippen LogP contribution in [0.25, 0.3) is 0 Å². The van der Waals surface area contributed by atoms with E-state index in [1.807, 2.05) is 23.5 Å². The van der Waals surface area contributed by atoms with Gasteiger partial charge >= 0.3 is 0 Å². The molecule has 1 aromatic carbocycles. The largest absolute Gasteiger partial charge is 0.118 e. The SMILES string of the molecule is CSC(=Pc1c(C(C)(C)C)cc(C(C)(C)C)cc1C(C)(C)C)SC. The van der Waals surface area contributed by atoms with E-state index in [0.29, 0.717) is 0 Å². The quantitative estimate of drug-likeness (QED) is 0.518. The lowest BCUT2D eigenvalue weighted by molar-refractivity contribution is 0.554. The normalized spacial score (nSPS) is 13.5. The molecule has 0 amide bonds. The van der Waals surface area contributed by atoms with Crippen LogP contribution < -0.4 is 5.30 Å². The summed E-state index contributed by atoms with van der Waals surface area (Å²) in [6.07, 6.45) is 4.38. The van der Waals surface area contributed by atoms with E-state index >= 15 is 0 Å². The Morgan fingerprint density at radius 3 is 1.33 bits per heavy atom. The van der Waals surface area contributed by atoms with Crippen molar-refractivity contribution < 1.29 is 0 Å². The summed E-state index contributed by atoms with van der Waals surface area (Å²) < 4.78 is 1.47. The van der Waals surface area contributed by atoms with E-state index in [0.717, 1.165) is 0 Å². The average Bonchev–Trinajstić information content (AvgIpc) is 2.40. The van der Waals surface area contributed by atoms with E-state index < -0.39 is 0 Å². The fourth-order valence-electron chi connectivity index (χ4n) is 2.60. The summed E-state index contributed by atoms with van der Waals surface area (Å²) in [7, 11) is 1.36. The first-order valence-electron chi connectivity index (χ1n) is 8.58. The first kappa shape index (κ1) is 22.1. The minimum atomic E-state index is 0.144. The van der Waals surface area contributed by atoms with Gasteiger partial charge in [-0.25, -0.2) is 0 Å². The topological polar surface area (TPSA) is 0 Å². The predicted molar refractivity (Wildman–Crippen MR) is 121 cm³/mol. The molecule has 0 nitrogen and oxygen atoms in total. The molecule has 0 aliphatic carbocycles. The molecule has 0 aromatic heterocycles. The van der Waals surface area contributed by atoms with Gasteiger partial charge in [0.25, 0.3) is 0 Å². The molecular formula is C21H35PS2. The summed E-state index contributed by atoms with van der Waals surface area (Å²) in [6.45, 7) is 21.0. The third-order valence-corrected chi connectivity index (χ3v) is 8.37. The number of hydrogen-bond donors (Lipinski definition) is 0. The maximum atomic E-state index is 2.47. The van der Waals surface area contributed by atoms with Crippen molar-refractivity contribution in [3.8, 4) is 0 Å². The summed E-state index contributed by atoms with van der Waals surface area (Å²) in [5.41, 5.74) is 4.91. The number of thioether (sulfide) groups is 2. The maximum Gasteiger partial charge on any atom is 0.0674 e. The molecule has 0 radical (unpaired) electrons. The molecule has 0 N–H and O–H groups in total. The lowest BCUT2D eigenvalue weighted by Gasteiger charge is -2.32. The molecular weight excluding hydrogens is 347 g/mol. The highest BCUT2D eigenvalue weighted by molar-refractivity contribution is 8.43. The van der Waals surface area contributed by atoms with Crippen molar-refractivity contribution in [2.75, 3.05) is 12.5 Å². The predicted octanol–water partition coefficient (Wildman–Crippen LogP) is 6.96. The molecule has 0 saturated carbocycles. The summed E-state index contributed by atoms with van der Waals surface area (Å²) in [6, 6.07) is 4.94. The third kappa shape index (κ3) is 5.55. The van der Waals surface area contributed by atoms with E-state index in [1.165, 1.54) is 34.2 Å². The van der Waals surface area contributed by atoms with Crippen molar-refractivity contribution in [2.45, 2.75) is 78.6 Å². The Labute approximate surface area is 160 Å². The van der Waals surface area contributed by atoms with Gasteiger partial charge < -0.3 is 0 Å². The van der Waals surface area contributed by atoms with Gasteiger partial charge in [0, 0.05) is 5.30 Å². The van der Waals surface area contributed by atoms with Crippen LogP contribution in [0.15, 0.2) is 12.1 Å². The number of hydrogen-bond acceptors (Lipinski definition) is 2. The highest BCUT2D eigenvalue weighted by atomic mass is 32.2. The summed E-state index contributed by atoms with van der Waals surface area (Å²) in [5.74, 6) is 0. The Morgan fingerprint density at radius 1 is 0.708 bits per heavy atom. The zero-order valence-corrected chi connectivity index (χ0v) is 19.9. The molecule has 3 heteroatoms. The minimum Gasteiger partial charge on any atom is -0.118 e. The number of benzene rings is 1. The summed E-state index contributed by atoms with van der Waals surface area (Å²) in [4.78, 5) is 0. The number of rotatable bonds is 3. The van der Waals surface area contributed by atoms with E-state index in [4.69, 9.17) is 0 Å². The first-order valence-corrected chi connectivity index (χ1v) is 11.9. The lowest BCUT2D eigenvalue weighted by atomic mass is 9.75. The Bertz CT molecular complexity index is 567. The standard InChI is InChI=1S/C21H35PS2/c1-19(2,3)14-12-15(20(4,5)6)17(22-18(23-10)24-11)16(13-14)21(7,8)9/h12-13H,1-11H3. The van der Waals surface area contributed by atoms with Crippen LogP contribution in [0, 0.1) is 0 Å². The minimum absolute atomic E-state index is 0.144. The molecule has 136 valence electrons. The van der Waals surface area contributed by atoms with Crippen molar-refractivity contribution in [1.29, 1.82) is 0 Å². The van der Waals surface area contributed by atoms with E-state index in [9.17, 15) is 0 Å². The van der Waals surface area contributed by atoms with Gasteiger partial charge in [-0.05, 0) is 53.7 Å². The molecule has 1 aromatic rings. The van der Waals surface area contributed by atoms with Crippen LogP contribution in [0.1, 0.15) is 79.0 Å². The van der Waals surface area contributed by atoms with Crippen LogP contribution in [0.3, 0.4) is 0 Å². The lowest BCUT2D eigenvalue weighted by Crippen LogP contribution is -2.30. The van der Waals surface area contributed by atoms with Gasteiger partial charge in [0.1, 0.15) is 0 Å². The van der Waals surface area contributed by atoms with Gasteiger partial charge in [-0.15, -0.1) is 23.5 Å². The highest BCUT2D eigenvalue weighted by Crippen LogP contribution is 2.36. The van der Waals surface area contributed by atoms with Crippen molar-refractivity contribution in [2.24, 2.45) is 0 Å². The third-order valence-electron chi connectivity index (χ3n) is 4.14. The fraction of sp³-hybridized carbons (Fsp3) is 0.667. The van der Waals surface area contributed by atoms with Crippen molar-refractivity contribution >= 4 is 41.0 Å². The molecule has 1 rings (SSSR count). The molecule has 24 heavy (non-hydrogen) atoms. The van der Waals surface area contributed by atoms with E-state index in [2.05, 4.69) is 87.0 Å². The molecule has 0 saturated heterocycles. The van der Waals surface area contributed by atoms with Gasteiger partial charge in [-0.3, -0.25) is 0 Å². The Morgan fingerprint density at radius 2 is 1.08 bits per heavy atom. The van der Waals surface area contributed by atoms with Crippen LogP contribution in [-0.4, -0.2) is 16.5 Å². The average molecular weight is 383 g/mol. The maximum absolute atomic E-state index is 2.47. The van der Waals surface area contributed by atoms with Crippen LogP contribution in [0.5, 0.6) is 0 Å². The molecule has 0 bridgehead atoms. The second kappa shape index (κ2) is 7.77. The van der Waals surface area contributed by atoms with Gasteiger partial charge in [-0.2, -0.15) is 0 Å². The highest BCUT2D eigenvalue weighted by Gasteiger charge is 2.28. The first-order chi connectivity index (χ1) is 10.7. The molecule has 0 aliphatic rings. The van der Waals surface area contributed by atoms with Crippen LogP contribution in [0.2, 0.25) is 0 Å². The van der Waals surface area contributed by atoms with Crippen LogP contribution >= 0.6 is 31.7 Å². The van der Waals surface area contributed by atoms with Crippen molar-refractivity contribution in [3.63, 3.8) is 0 Å². The molecule has 0 atom stereocenters. The zero-order valence-electron chi connectivity index (χ0n) is 17.4. The van der Waals surface area contributed by atoms with Crippen LogP contribution in [-0.2, 0) is 16.2 Å². The smallest absolute Gasteiger partial charge is 0.0674 e. The molecule has 0 spiro atoms. The summed E-state index contributed by atoms with van der Waals surface area (Å²) in [5, 5.41) is 1.52. The Kier molecular flexibility index (Phi) is 7.16. The fourth-order valence-corrected chi connectivity index (χ4v) is 5.77. The van der Waals surface area contributed by atoms with E-state index in [1.54, 1.807) is 0 Å². The van der Waals surface area contributed by atoms with Gasteiger partial charge in [0.15, 0.2) is 0 Å². The van der Waals surface area contributed by atoms with Crippen molar-refractivity contribution in [3.05, 3.63) is 28.8 Å². The molecule has 0 unspecified atom stereocenters. The second-order valence-electron chi connectivity index (χ2n) is 9.46. The van der Waals surface area contributed by atoms with E-state index in [-0.39, 0.29) is 16.2 Å². The van der Waals surface area contributed by atoms with Gasteiger partial charge in [0.05, 0.1) is 3.96 Å². The molecule has 0 heterocycles. The van der Waals surface area contributed by atoms with Crippen LogP contribution in [0.4, 0.5) is 0 Å². The second-order valence-corrected chi connectivity index (χ2v) is 13.1. The van der Waals surface area contributed by atoms with Crippen molar-refractivity contribution in [1.82, 2.24) is 0 Å². The summed E-state index contributed by atoms with van der Waals surface area (Å²) >= 11 is 3.76. The van der Waals surface area contributed by atoms with Gasteiger partial charge in [0.2, 0.25) is 0 Å². The zero-order chi connectivity index (χ0) is 18.9. The monoisotopic (exact) mass is 382 g/mol. The Balaban J connectivity index is 3.92. The molecule has 0 aliphatic heterocycles. The Hall–Kier alpha value is 0.0900. The van der Waals surface area contributed by atoms with Gasteiger partial charge in [-0.1, -0.05) is 74.4 Å². The molecule has 0 fully saturated rings.